The van der Waals surface area contributed by atoms with Gasteiger partial charge < -0.3 is 13.7 Å². The Hall–Kier alpha value is -1.13. The first-order chi connectivity index (χ1) is 5.54. The molecule has 1 aromatic carbocycles. The normalized spacial score (nSPS) is 12.2. The molecule has 0 aliphatic heterocycles. The summed E-state index contributed by atoms with van der Waals surface area (Å²) in [5.41, 5.74) is 0.280. The maximum Gasteiger partial charge on any atom is 0.385 e. The number of hydrogen-bond acceptors (Lipinski definition) is 4. The van der Waals surface area contributed by atoms with E-state index in [0.717, 1.165) is 0 Å². The lowest BCUT2D eigenvalue weighted by Gasteiger charge is -2.17. The van der Waals surface area contributed by atoms with E-state index >= 15 is 0 Å². The third-order valence-corrected chi connectivity index (χ3v) is 2.17. The molecule has 1 rings (SSSR count). The third kappa shape index (κ3) is 1.93. The molecule has 0 saturated heterocycles. The van der Waals surface area contributed by atoms with Gasteiger partial charge in [-0.25, -0.2) is 0 Å². The summed E-state index contributed by atoms with van der Waals surface area (Å²) >= 11 is 0. The van der Waals surface area contributed by atoms with Gasteiger partial charge in [0.15, 0.2) is 4.98 Å². The van der Waals surface area contributed by atoms with Crippen molar-refractivity contribution in [1.82, 2.24) is 0 Å². The molecule has 1 aromatic rings. The standard InChI is InChI=1S/C6H6N2O3S/c7-8-5-1-3-6(4-2-5)12(9,10)11/h1-4H,(H2-,9,10,11)/p+1. The van der Waals surface area contributed by atoms with Crippen LogP contribution in [0.4, 0.5) is 5.69 Å². The highest BCUT2D eigenvalue weighted by Gasteiger charge is 2.16. The molecule has 0 unspecified atom stereocenters. The second-order valence-electron chi connectivity index (χ2n) is 2.11. The van der Waals surface area contributed by atoms with E-state index < -0.39 is 10.9 Å². The fourth-order valence-corrected chi connectivity index (χ4v) is 1.20. The number of diazo groups is 1. The topological polar surface area (TPSA) is 88.8 Å². The van der Waals surface area contributed by atoms with E-state index in [1.54, 1.807) is 0 Å². The molecule has 0 aliphatic carbocycles. The number of nitrogens with zero attached hydrogens (tertiary/aromatic N) is 2. The molecule has 0 radical (unpaired) electrons. The molecule has 0 atom stereocenters. The lowest BCUT2D eigenvalue weighted by atomic mass is 10.3. The minimum Gasteiger partial charge on any atom is -0.304 e. The van der Waals surface area contributed by atoms with Crippen LogP contribution in [0.5, 0.6) is 0 Å². The zero-order valence-corrected chi connectivity index (χ0v) is 6.77. The van der Waals surface area contributed by atoms with Gasteiger partial charge in [0.1, 0.15) is 10.9 Å². The van der Waals surface area contributed by atoms with Crippen LogP contribution in [0.15, 0.2) is 29.2 Å². The van der Waals surface area contributed by atoms with Gasteiger partial charge in [0.2, 0.25) is 5.39 Å². The molecule has 5 nitrogen and oxygen atoms in total. The Bertz CT molecular complexity index is 311. The fourth-order valence-electron chi connectivity index (χ4n) is 0.695. The van der Waals surface area contributed by atoms with E-state index in [4.69, 9.17) is 19.1 Å². The van der Waals surface area contributed by atoms with Gasteiger partial charge in [-0.15, -0.1) is 0 Å². The summed E-state index contributed by atoms with van der Waals surface area (Å²) in [6.45, 7) is 0. The summed E-state index contributed by atoms with van der Waals surface area (Å²) in [6, 6.07) is 5.23. The van der Waals surface area contributed by atoms with E-state index in [1.807, 2.05) is 0 Å². The van der Waals surface area contributed by atoms with Crippen LogP contribution in [-0.2, 0) is 0 Å². The summed E-state index contributed by atoms with van der Waals surface area (Å²) in [7, 11) is -3.65. The van der Waals surface area contributed by atoms with Crippen LogP contribution in [0.25, 0.3) is 4.98 Å². The molecule has 0 aromatic heterocycles. The Kier molecular flexibility index (Phi) is 2.30. The lowest BCUT2D eigenvalue weighted by Crippen LogP contribution is -1.94. The zero-order chi connectivity index (χ0) is 9.19. The molecular weight excluding hydrogens is 180 g/mol. The maximum absolute atomic E-state index is 8.75. The van der Waals surface area contributed by atoms with Crippen molar-refractivity contribution in [2.75, 3.05) is 0 Å². The van der Waals surface area contributed by atoms with Crippen LogP contribution >= 0.6 is 10.9 Å². The van der Waals surface area contributed by atoms with Gasteiger partial charge in [0.05, 0.1) is 4.90 Å². The second kappa shape index (κ2) is 3.08. The molecule has 6 heteroatoms. The summed E-state index contributed by atoms with van der Waals surface area (Å²) in [4.78, 5) is 2.85. The first-order valence-electron chi connectivity index (χ1n) is 3.00. The minimum absolute atomic E-state index is 0.00472. The Labute approximate surface area is 70.5 Å². The quantitative estimate of drug-likeness (QED) is 0.589. The Morgan fingerprint density at radius 3 is 1.92 bits per heavy atom. The average Bonchev–Trinajstić information content (AvgIpc) is 2.03. The molecule has 0 fully saturated rings. The van der Waals surface area contributed by atoms with E-state index in [1.165, 1.54) is 24.3 Å². The first kappa shape index (κ1) is 8.96. The number of rotatable bonds is 1. The Morgan fingerprint density at radius 2 is 1.58 bits per heavy atom. The van der Waals surface area contributed by atoms with E-state index in [9.17, 15) is 0 Å². The van der Waals surface area contributed by atoms with Crippen LogP contribution in [0, 0.1) is 5.39 Å². The molecule has 0 heterocycles. The number of hydrogen-bond donors (Lipinski definition) is 3. The molecule has 0 bridgehead atoms. The molecule has 0 aliphatic rings. The molecule has 64 valence electrons. The molecule has 0 saturated carbocycles. The van der Waals surface area contributed by atoms with Gasteiger partial charge in [0.25, 0.3) is 0 Å². The summed E-state index contributed by atoms with van der Waals surface area (Å²) in [5.74, 6) is 0. The fraction of sp³-hybridized carbons (Fsp3) is 0. The molecule has 0 amide bonds. The predicted molar refractivity (Wildman–Crippen MR) is 44.9 cm³/mol. The van der Waals surface area contributed by atoms with Crippen molar-refractivity contribution in [3.63, 3.8) is 0 Å². The van der Waals surface area contributed by atoms with Gasteiger partial charge in [-0.05, 0) is 12.1 Å². The molecule has 12 heavy (non-hydrogen) atoms. The highest BCUT2D eigenvalue weighted by molar-refractivity contribution is 8.19. The first-order valence-corrected chi connectivity index (χ1v) is 4.50. The van der Waals surface area contributed by atoms with Gasteiger partial charge in [-0.1, -0.05) is 0 Å². The van der Waals surface area contributed by atoms with Gasteiger partial charge in [-0.3, -0.25) is 0 Å². The largest absolute Gasteiger partial charge is 0.385 e. The van der Waals surface area contributed by atoms with Gasteiger partial charge in [-0.2, -0.15) is 0 Å². The van der Waals surface area contributed by atoms with Crippen LogP contribution < -0.4 is 0 Å². The van der Waals surface area contributed by atoms with Crippen molar-refractivity contribution in [3.05, 3.63) is 29.2 Å². The summed E-state index contributed by atoms with van der Waals surface area (Å²) in [6.07, 6.45) is 0. The van der Waals surface area contributed by atoms with Crippen molar-refractivity contribution in [1.29, 1.82) is 5.39 Å². The smallest absolute Gasteiger partial charge is 0.304 e. The maximum atomic E-state index is 8.75. The molecule has 3 N–H and O–H groups in total. The van der Waals surface area contributed by atoms with E-state index in [-0.39, 0.29) is 10.6 Å². The minimum atomic E-state index is -3.65. The van der Waals surface area contributed by atoms with Crippen LogP contribution in [0.3, 0.4) is 0 Å². The van der Waals surface area contributed by atoms with Gasteiger partial charge >= 0.3 is 5.69 Å². The van der Waals surface area contributed by atoms with E-state index in [2.05, 4.69) is 4.98 Å². The van der Waals surface area contributed by atoms with Crippen molar-refractivity contribution in [2.24, 2.45) is 0 Å². The highest BCUT2D eigenvalue weighted by atomic mass is 32.3. The molecule has 0 spiro atoms. The second-order valence-corrected chi connectivity index (χ2v) is 3.62. The molecular formula is C6H7N2O3S+. The van der Waals surface area contributed by atoms with Gasteiger partial charge in [0, 0.05) is 12.1 Å². The predicted octanol–water partition coefficient (Wildman–Crippen LogP) is 2.75. The Balaban J connectivity index is 3.02. The van der Waals surface area contributed by atoms with Crippen LogP contribution in [0.1, 0.15) is 0 Å². The number of benzene rings is 1. The average molecular weight is 187 g/mol. The zero-order valence-electron chi connectivity index (χ0n) is 5.95. The summed E-state index contributed by atoms with van der Waals surface area (Å²) in [5, 5.41) is 8.28. The SMILES string of the molecule is N#[N+]c1ccc(S(O)(O)O)cc1. The third-order valence-electron chi connectivity index (χ3n) is 1.27. The monoisotopic (exact) mass is 187 g/mol. The highest BCUT2D eigenvalue weighted by Crippen LogP contribution is 2.43. The van der Waals surface area contributed by atoms with Crippen molar-refractivity contribution < 1.29 is 13.7 Å². The van der Waals surface area contributed by atoms with Crippen molar-refractivity contribution in [2.45, 2.75) is 4.90 Å². The summed E-state index contributed by atoms with van der Waals surface area (Å²) < 4.78 is 26.3. The van der Waals surface area contributed by atoms with Crippen molar-refractivity contribution >= 4 is 16.6 Å². The van der Waals surface area contributed by atoms with Crippen LogP contribution in [0.2, 0.25) is 0 Å². The van der Waals surface area contributed by atoms with E-state index in [0.29, 0.717) is 0 Å². The Morgan fingerprint density at radius 1 is 1.08 bits per heavy atom. The lowest BCUT2D eigenvalue weighted by molar-refractivity contribution is 0.376. The van der Waals surface area contributed by atoms with Crippen LogP contribution in [-0.4, -0.2) is 13.7 Å². The van der Waals surface area contributed by atoms with Crippen molar-refractivity contribution in [3.8, 4) is 0 Å².